The van der Waals surface area contributed by atoms with Gasteiger partial charge in [0.1, 0.15) is 5.60 Å². The first kappa shape index (κ1) is 29.5. The molecule has 1 aliphatic rings. The number of anilines is 2. The van der Waals surface area contributed by atoms with Crippen molar-refractivity contribution in [3.8, 4) is 11.3 Å². The van der Waals surface area contributed by atoms with E-state index >= 15 is 0 Å². The molecule has 42 heavy (non-hydrogen) atoms. The molecule has 12 heteroatoms. The number of ether oxygens (including phenoxy) is 1. The molecule has 2 unspecified atom stereocenters. The highest BCUT2D eigenvalue weighted by Gasteiger charge is 2.34. The summed E-state index contributed by atoms with van der Waals surface area (Å²) in [5.41, 5.74) is 3.21. The van der Waals surface area contributed by atoms with Gasteiger partial charge in [-0.15, -0.1) is 5.10 Å². The SMILES string of the molecule is CC(C)(C)NS(=O)(=O)c1cccc(-c2ccc3cnc(Nc4ccc5c(c4)C(NC(=O)OC(C)(C)C)C(O)C5)nn23)c1. The smallest absolute Gasteiger partial charge is 0.408 e. The van der Waals surface area contributed by atoms with Gasteiger partial charge in [-0.05, 0) is 89.1 Å². The second-order valence-electron chi connectivity index (χ2n) is 12.5. The van der Waals surface area contributed by atoms with Gasteiger partial charge in [-0.3, -0.25) is 0 Å². The van der Waals surface area contributed by atoms with Crippen molar-refractivity contribution >= 4 is 33.3 Å². The minimum atomic E-state index is -3.72. The first-order valence-electron chi connectivity index (χ1n) is 13.6. The fourth-order valence-corrected chi connectivity index (χ4v) is 6.36. The summed E-state index contributed by atoms with van der Waals surface area (Å²) in [6.45, 7) is 10.7. The van der Waals surface area contributed by atoms with Crippen molar-refractivity contribution in [2.24, 2.45) is 0 Å². The Balaban J connectivity index is 1.41. The lowest BCUT2D eigenvalue weighted by molar-refractivity contribution is 0.0438. The molecule has 2 aromatic carbocycles. The van der Waals surface area contributed by atoms with E-state index in [1.165, 1.54) is 0 Å². The number of hydrogen-bond acceptors (Lipinski definition) is 8. The topological polar surface area (TPSA) is 147 Å². The average molecular weight is 593 g/mol. The highest BCUT2D eigenvalue weighted by atomic mass is 32.2. The Hall–Kier alpha value is -4.00. The molecule has 2 aromatic heterocycles. The lowest BCUT2D eigenvalue weighted by atomic mass is 10.1. The van der Waals surface area contributed by atoms with Crippen molar-refractivity contribution in [3.05, 3.63) is 71.9 Å². The fourth-order valence-electron chi connectivity index (χ4n) is 4.90. The number of carbonyl (C=O) groups is 1. The van der Waals surface area contributed by atoms with Gasteiger partial charge in [-0.25, -0.2) is 27.4 Å². The molecule has 0 saturated heterocycles. The van der Waals surface area contributed by atoms with Gasteiger partial charge < -0.3 is 20.5 Å². The first-order chi connectivity index (χ1) is 19.6. The number of aromatic nitrogens is 3. The minimum absolute atomic E-state index is 0.159. The standard InChI is InChI=1S/C30H36N6O5S/c1-29(2,3)35-42(39,40)22-9-7-8-19(14-22)24-13-12-21-17-31-27(34-36(21)24)32-20-11-10-18-15-25(37)26(23(18)16-20)33-28(38)41-30(4,5)6/h7-14,16-17,25-26,35,37H,15H2,1-6H3,(H,32,34)(H,33,38). The Morgan fingerprint density at radius 3 is 2.52 bits per heavy atom. The summed E-state index contributed by atoms with van der Waals surface area (Å²) in [6.07, 6.45) is 0.698. The molecule has 11 nitrogen and oxygen atoms in total. The Morgan fingerprint density at radius 1 is 1.05 bits per heavy atom. The van der Waals surface area contributed by atoms with E-state index < -0.39 is 39.4 Å². The molecule has 0 radical (unpaired) electrons. The number of hydrogen-bond donors (Lipinski definition) is 4. The van der Waals surface area contributed by atoms with Crippen LogP contribution in [-0.2, 0) is 21.2 Å². The summed E-state index contributed by atoms with van der Waals surface area (Å²) in [5, 5.41) is 21.3. The first-order valence-corrected chi connectivity index (χ1v) is 15.1. The number of fused-ring (bicyclic) bond motifs is 2. The van der Waals surface area contributed by atoms with E-state index in [0.29, 0.717) is 29.3 Å². The highest BCUT2D eigenvalue weighted by Crippen LogP contribution is 2.34. The van der Waals surface area contributed by atoms with Crippen molar-refractivity contribution < 1.29 is 23.1 Å². The molecule has 0 spiro atoms. The summed E-state index contributed by atoms with van der Waals surface area (Å²) in [4.78, 5) is 17.0. The highest BCUT2D eigenvalue weighted by molar-refractivity contribution is 7.89. The van der Waals surface area contributed by atoms with Gasteiger partial charge in [0.15, 0.2) is 0 Å². The molecular formula is C30H36N6O5S. The molecule has 4 aromatic rings. The molecule has 1 aliphatic carbocycles. The number of amides is 1. The summed E-state index contributed by atoms with van der Waals surface area (Å²) in [7, 11) is -3.72. The number of sulfonamides is 1. The molecule has 222 valence electrons. The van der Waals surface area contributed by atoms with E-state index in [1.807, 2.05) is 36.4 Å². The van der Waals surface area contributed by atoms with Gasteiger partial charge in [0.2, 0.25) is 16.0 Å². The maximum atomic E-state index is 12.9. The largest absolute Gasteiger partial charge is 0.444 e. The third-order valence-corrected chi connectivity index (χ3v) is 8.26. The Kier molecular flexibility index (Phi) is 7.50. The maximum Gasteiger partial charge on any atom is 0.408 e. The van der Waals surface area contributed by atoms with Crippen LogP contribution in [0.4, 0.5) is 16.4 Å². The zero-order valence-corrected chi connectivity index (χ0v) is 25.3. The van der Waals surface area contributed by atoms with Crippen molar-refractivity contribution in [3.63, 3.8) is 0 Å². The third-order valence-electron chi connectivity index (χ3n) is 6.50. The van der Waals surface area contributed by atoms with Crippen molar-refractivity contribution in [1.82, 2.24) is 24.6 Å². The lowest BCUT2D eigenvalue weighted by Gasteiger charge is -2.23. The quantitative estimate of drug-likeness (QED) is 0.252. The van der Waals surface area contributed by atoms with Gasteiger partial charge in [0.25, 0.3) is 0 Å². The van der Waals surface area contributed by atoms with Crippen molar-refractivity contribution in [2.45, 2.75) is 76.1 Å². The number of alkyl carbamates (subject to hydrolysis) is 1. The van der Waals surface area contributed by atoms with Crippen molar-refractivity contribution in [1.29, 1.82) is 0 Å². The molecule has 1 amide bonds. The number of carbonyl (C=O) groups excluding carboxylic acids is 1. The van der Waals surface area contributed by atoms with E-state index in [-0.39, 0.29) is 4.90 Å². The third kappa shape index (κ3) is 6.56. The molecule has 2 atom stereocenters. The normalized spacial score (nSPS) is 17.2. The molecule has 0 fully saturated rings. The Morgan fingerprint density at radius 2 is 1.81 bits per heavy atom. The summed E-state index contributed by atoms with van der Waals surface area (Å²) in [6, 6.07) is 15.4. The summed E-state index contributed by atoms with van der Waals surface area (Å²) >= 11 is 0. The van der Waals surface area contributed by atoms with Crippen molar-refractivity contribution in [2.75, 3.05) is 5.32 Å². The summed E-state index contributed by atoms with van der Waals surface area (Å²) in [5.74, 6) is 0.313. The predicted molar refractivity (Wildman–Crippen MR) is 160 cm³/mol. The summed E-state index contributed by atoms with van der Waals surface area (Å²) < 4.78 is 35.6. The van der Waals surface area contributed by atoms with Crippen LogP contribution in [0.25, 0.3) is 16.8 Å². The predicted octanol–water partition coefficient (Wildman–Crippen LogP) is 4.70. The van der Waals surface area contributed by atoms with E-state index in [4.69, 9.17) is 4.74 Å². The van der Waals surface area contributed by atoms with Gasteiger partial charge in [-0.2, -0.15) is 0 Å². The number of nitrogens with one attached hydrogen (secondary N) is 3. The van der Waals surface area contributed by atoms with Crippen LogP contribution < -0.4 is 15.4 Å². The Labute approximate surface area is 245 Å². The van der Waals surface area contributed by atoms with Crippen LogP contribution in [0, 0.1) is 0 Å². The van der Waals surface area contributed by atoms with Crippen LogP contribution in [0.5, 0.6) is 0 Å². The monoisotopic (exact) mass is 592 g/mol. The van der Waals surface area contributed by atoms with E-state index in [1.54, 1.807) is 70.5 Å². The Bertz CT molecular complexity index is 1750. The van der Waals surface area contributed by atoms with Gasteiger partial charge in [0, 0.05) is 23.2 Å². The second kappa shape index (κ2) is 10.7. The second-order valence-corrected chi connectivity index (χ2v) is 14.1. The van der Waals surface area contributed by atoms with Crippen LogP contribution >= 0.6 is 0 Å². The average Bonchev–Trinajstić information content (AvgIpc) is 3.42. The van der Waals surface area contributed by atoms with Crippen LogP contribution in [0.2, 0.25) is 0 Å². The minimum Gasteiger partial charge on any atom is -0.444 e. The van der Waals surface area contributed by atoms with E-state index in [2.05, 4.69) is 25.4 Å². The van der Waals surface area contributed by atoms with E-state index in [9.17, 15) is 18.3 Å². The van der Waals surface area contributed by atoms with Gasteiger partial charge in [0.05, 0.1) is 34.4 Å². The molecule has 0 saturated carbocycles. The number of rotatable bonds is 6. The zero-order valence-electron chi connectivity index (χ0n) is 24.5. The van der Waals surface area contributed by atoms with Crippen LogP contribution in [0.1, 0.15) is 58.7 Å². The number of aliphatic hydroxyl groups excluding tert-OH is 1. The molecule has 5 rings (SSSR count). The van der Waals surface area contributed by atoms with Gasteiger partial charge >= 0.3 is 6.09 Å². The van der Waals surface area contributed by atoms with E-state index in [0.717, 1.165) is 16.6 Å². The lowest BCUT2D eigenvalue weighted by Crippen LogP contribution is -2.40. The number of benzene rings is 2. The van der Waals surface area contributed by atoms with Gasteiger partial charge in [-0.1, -0.05) is 18.2 Å². The van der Waals surface area contributed by atoms with Crippen LogP contribution in [-0.4, -0.2) is 51.5 Å². The van der Waals surface area contributed by atoms with Crippen LogP contribution in [0.3, 0.4) is 0 Å². The molecule has 0 aliphatic heterocycles. The molecule has 0 bridgehead atoms. The molecule has 4 N–H and O–H groups in total. The maximum absolute atomic E-state index is 12.9. The number of nitrogens with zero attached hydrogens (tertiary/aromatic N) is 3. The molecule has 2 heterocycles. The molecular weight excluding hydrogens is 556 g/mol. The zero-order chi connectivity index (χ0) is 30.4. The number of aliphatic hydroxyl groups is 1. The fraction of sp³-hybridized carbons (Fsp3) is 0.367. The van der Waals surface area contributed by atoms with Crippen LogP contribution in [0.15, 0.2) is 65.7 Å².